The fourth-order valence-corrected chi connectivity index (χ4v) is 12.5. The zero-order chi connectivity index (χ0) is 52.0. The van der Waals surface area contributed by atoms with E-state index >= 15 is 0 Å². The number of aryl methyl sites for hydroxylation is 2. The summed E-state index contributed by atoms with van der Waals surface area (Å²) in [4.78, 5) is 56.4. The lowest BCUT2D eigenvalue weighted by molar-refractivity contribution is -0.151. The van der Waals surface area contributed by atoms with E-state index in [1.54, 1.807) is 11.8 Å². The first-order valence-corrected chi connectivity index (χ1v) is 27.4. The normalized spacial score (nSPS) is 17.2. The lowest BCUT2D eigenvalue weighted by atomic mass is 9.90. The quantitative estimate of drug-likeness (QED) is 0.0611. The van der Waals surface area contributed by atoms with E-state index < -0.39 is 45.0 Å². The van der Waals surface area contributed by atoms with Crippen LogP contribution in [0.25, 0.3) is 0 Å². The van der Waals surface area contributed by atoms with Crippen molar-refractivity contribution in [3.63, 3.8) is 0 Å². The Labute approximate surface area is 439 Å². The molecule has 0 spiro atoms. The number of methoxy groups -OCH3 is 2. The van der Waals surface area contributed by atoms with Crippen LogP contribution in [0.2, 0.25) is 0 Å². The number of nitrogens with zero attached hydrogens (tertiary/aromatic N) is 2. The van der Waals surface area contributed by atoms with Crippen molar-refractivity contribution in [3.05, 3.63) is 215 Å². The lowest BCUT2D eigenvalue weighted by Crippen LogP contribution is -2.44. The maximum Gasteiger partial charge on any atom is 0.328 e. The summed E-state index contributed by atoms with van der Waals surface area (Å²) in [6.45, 7) is 2.83. The van der Waals surface area contributed by atoms with E-state index in [0.29, 0.717) is 32.7 Å². The lowest BCUT2D eigenvalue weighted by Gasteiger charge is -2.28. The fourth-order valence-electron chi connectivity index (χ4n) is 9.51. The van der Waals surface area contributed by atoms with Crippen molar-refractivity contribution < 1.29 is 38.4 Å². The molecule has 2 aliphatic heterocycles. The molecule has 2 saturated heterocycles. The van der Waals surface area contributed by atoms with Crippen LogP contribution >= 0.6 is 11.8 Å². The average molecular weight is 1030 g/mol. The molecule has 2 amide bonds. The number of rotatable bonds is 18. The molecule has 10 nitrogen and oxygen atoms in total. The predicted octanol–water partition coefficient (Wildman–Crippen LogP) is 11.0. The van der Waals surface area contributed by atoms with E-state index in [1.165, 1.54) is 24.7 Å². The molecule has 0 radical (unpaired) electrons. The highest BCUT2D eigenvalue weighted by Crippen LogP contribution is 2.36. The SMILES string of the molecule is C.COC(=O)[C@@H]1C[C@H](S(=O)(=O)CCCc2ccccc2)CN1C(=O)C(c1ccccc1)c1ccccc1.COC(=O)[C@@H]1C[C@H](SCCCc2ccccc2)CN1C(=O)C(c1ccccc1)c1ccccc1.[2H]CC. The standard InChI is InChI=1S/C29H31NO5S.C29H31NO3S.C2H6.CH4/c1-35-29(32)26-20-25(36(33,34)19-11-14-22-12-5-2-6-13-22)21-30(26)28(31)27(23-15-7-3-8-16-23)24-17-9-4-10-18-24;1-33-29(32)26-20-25(34-19-11-14-22-12-5-2-6-13-22)21-30(26)28(31)27(23-15-7-3-8-16-23)24-17-9-4-10-18-24;1-2;/h2-10,12-13,15-18,25-27H,11,14,19-21H2,1H3;2-10,12-13,15-18,25-27H,11,14,19-21H2,1H3;1-2H3;1H4/t2*25-,26-;;/m00../s1/i;;1D;. The van der Waals surface area contributed by atoms with Crippen LogP contribution in [-0.2, 0) is 51.3 Å². The van der Waals surface area contributed by atoms with Crippen LogP contribution in [0.15, 0.2) is 182 Å². The van der Waals surface area contributed by atoms with E-state index in [-0.39, 0.29) is 49.2 Å². The number of thioether (sulfide) groups is 1. The molecular weight excluding hydrogens is 953 g/mol. The number of ether oxygens (including phenoxy) is 2. The number of hydrogen-bond donors (Lipinski definition) is 0. The van der Waals surface area contributed by atoms with Crippen molar-refractivity contribution in [3.8, 4) is 0 Å². The van der Waals surface area contributed by atoms with Gasteiger partial charge in [0.05, 0.1) is 37.1 Å². The number of carbonyl (C=O) groups excluding carboxylic acids is 4. The number of amides is 2. The summed E-state index contributed by atoms with van der Waals surface area (Å²) < 4.78 is 42.8. The molecule has 0 saturated carbocycles. The van der Waals surface area contributed by atoms with Gasteiger partial charge in [-0.2, -0.15) is 11.8 Å². The van der Waals surface area contributed by atoms with Gasteiger partial charge >= 0.3 is 11.9 Å². The summed E-state index contributed by atoms with van der Waals surface area (Å²) in [6.07, 6.45) is 3.91. The van der Waals surface area contributed by atoms with Gasteiger partial charge in [0.2, 0.25) is 11.8 Å². The largest absolute Gasteiger partial charge is 0.467 e. The third-order valence-electron chi connectivity index (χ3n) is 13.1. The number of likely N-dealkylation sites (tertiary alicyclic amines) is 2. The van der Waals surface area contributed by atoms with Crippen LogP contribution in [-0.4, -0.2) is 103 Å². The Balaban J connectivity index is 0.000000257. The van der Waals surface area contributed by atoms with Crippen molar-refractivity contribution >= 4 is 45.4 Å². The highest BCUT2D eigenvalue weighted by molar-refractivity contribution is 7.99. The van der Waals surface area contributed by atoms with Crippen molar-refractivity contribution in [2.24, 2.45) is 0 Å². The molecular formula is C61H72N2O8S2. The van der Waals surface area contributed by atoms with Crippen LogP contribution in [0.1, 0.15) is 93.5 Å². The maximum absolute atomic E-state index is 14.0. The number of benzene rings is 6. The van der Waals surface area contributed by atoms with E-state index in [1.807, 2.05) is 169 Å². The predicted molar refractivity (Wildman–Crippen MR) is 295 cm³/mol. The molecule has 2 fully saturated rings. The zero-order valence-electron chi connectivity index (χ0n) is 42.5. The van der Waals surface area contributed by atoms with Crippen molar-refractivity contribution in [1.82, 2.24) is 9.80 Å². The molecule has 0 aromatic heterocycles. The Kier molecular flexibility index (Phi) is 22.4. The molecule has 6 aromatic rings. The second-order valence-corrected chi connectivity index (χ2v) is 21.5. The zero-order valence-corrected chi connectivity index (χ0v) is 43.2. The summed E-state index contributed by atoms with van der Waals surface area (Å²) in [6, 6.07) is 57.0. The van der Waals surface area contributed by atoms with Gasteiger partial charge in [-0.05, 0) is 77.7 Å². The highest BCUT2D eigenvalue weighted by atomic mass is 32.2. The number of carbonyl (C=O) groups is 4. The molecule has 6 aromatic carbocycles. The van der Waals surface area contributed by atoms with Crippen LogP contribution in [0, 0.1) is 0 Å². The molecule has 0 aliphatic carbocycles. The molecule has 73 heavy (non-hydrogen) atoms. The summed E-state index contributed by atoms with van der Waals surface area (Å²) in [7, 11) is -0.865. The summed E-state index contributed by atoms with van der Waals surface area (Å²) in [5, 5.41) is -0.593. The first-order valence-electron chi connectivity index (χ1n) is 25.4. The molecule has 0 unspecified atom stereocenters. The minimum atomic E-state index is -3.53. The Morgan fingerprint density at radius 1 is 0.562 bits per heavy atom. The van der Waals surface area contributed by atoms with E-state index in [2.05, 4.69) is 24.3 Å². The van der Waals surface area contributed by atoms with Crippen LogP contribution < -0.4 is 0 Å². The Morgan fingerprint density at radius 3 is 1.29 bits per heavy atom. The summed E-state index contributed by atoms with van der Waals surface area (Å²) >= 11 is 1.86. The van der Waals surface area contributed by atoms with Crippen LogP contribution in [0.4, 0.5) is 0 Å². The van der Waals surface area contributed by atoms with Crippen molar-refractivity contribution in [2.45, 2.75) is 94.2 Å². The van der Waals surface area contributed by atoms with Gasteiger partial charge in [0.1, 0.15) is 12.1 Å². The maximum atomic E-state index is 14.0. The van der Waals surface area contributed by atoms with Crippen LogP contribution in [0.3, 0.4) is 0 Å². The topological polar surface area (TPSA) is 127 Å². The van der Waals surface area contributed by atoms with Crippen molar-refractivity contribution in [1.29, 1.82) is 0 Å². The average Bonchev–Trinajstić information content (AvgIpc) is 4.09. The second-order valence-electron chi connectivity index (χ2n) is 17.7. The van der Waals surface area contributed by atoms with Gasteiger partial charge in [0.15, 0.2) is 9.84 Å². The van der Waals surface area contributed by atoms with E-state index in [9.17, 15) is 27.6 Å². The minimum Gasteiger partial charge on any atom is -0.467 e. The Morgan fingerprint density at radius 2 is 0.904 bits per heavy atom. The van der Waals surface area contributed by atoms with Crippen LogP contribution in [0.5, 0.6) is 0 Å². The van der Waals surface area contributed by atoms with Gasteiger partial charge < -0.3 is 19.3 Å². The van der Waals surface area contributed by atoms with Gasteiger partial charge in [-0.3, -0.25) is 9.59 Å². The van der Waals surface area contributed by atoms with Gasteiger partial charge in [-0.1, -0.05) is 203 Å². The summed E-state index contributed by atoms with van der Waals surface area (Å²) in [5.41, 5.74) is 5.85. The number of sulfone groups is 1. The fraction of sp³-hybridized carbons (Fsp3) is 0.344. The van der Waals surface area contributed by atoms with E-state index in [4.69, 9.17) is 10.8 Å². The van der Waals surface area contributed by atoms with Gasteiger partial charge in [0, 0.05) is 19.7 Å². The molecule has 386 valence electrons. The minimum absolute atomic E-state index is 0. The van der Waals surface area contributed by atoms with Gasteiger partial charge in [-0.15, -0.1) is 0 Å². The monoisotopic (exact) mass is 1030 g/mol. The molecule has 8 rings (SSSR count). The van der Waals surface area contributed by atoms with Crippen molar-refractivity contribution in [2.75, 3.05) is 38.8 Å². The Bertz CT molecular complexity index is 2640. The molecule has 2 aliphatic rings. The third kappa shape index (κ3) is 15.7. The molecule has 2 heterocycles. The smallest absolute Gasteiger partial charge is 0.328 e. The molecule has 4 atom stereocenters. The molecule has 12 heteroatoms. The summed E-state index contributed by atoms with van der Waals surface area (Å²) in [5.74, 6) is -1.37. The number of esters is 2. The first-order chi connectivity index (χ1) is 35.5. The highest BCUT2D eigenvalue weighted by Gasteiger charge is 2.47. The van der Waals surface area contributed by atoms with Gasteiger partial charge in [0.25, 0.3) is 0 Å². The molecule has 0 N–H and O–H groups in total. The second kappa shape index (κ2) is 29.3. The molecule has 0 bridgehead atoms. The van der Waals surface area contributed by atoms with E-state index in [0.717, 1.165) is 46.4 Å². The van der Waals surface area contributed by atoms with Gasteiger partial charge in [-0.25, -0.2) is 18.0 Å². The third-order valence-corrected chi connectivity index (χ3v) is 16.7. The Hall–Kier alpha value is -6.50. The number of hydrogen-bond acceptors (Lipinski definition) is 9. The first kappa shape index (κ1) is 55.8.